The molecule has 0 aliphatic carbocycles. The molecule has 0 saturated heterocycles. The smallest absolute Gasteiger partial charge is 0.312 e. The maximum Gasteiger partial charge on any atom is 0.312 e. The predicted octanol–water partition coefficient (Wildman–Crippen LogP) is 0.682. The molecule has 9 nitrogen and oxygen atoms in total. The van der Waals surface area contributed by atoms with Crippen molar-refractivity contribution in [3.05, 3.63) is 27.9 Å². The lowest BCUT2D eigenvalue weighted by molar-refractivity contribution is -0.384. The number of aromatic nitrogens is 1. The Labute approximate surface area is 121 Å². The monoisotopic (exact) mass is 297 g/mol. The van der Waals surface area contributed by atoms with Gasteiger partial charge in [-0.1, -0.05) is 5.16 Å². The minimum Gasteiger partial charge on any atom is -0.409 e. The van der Waals surface area contributed by atoms with E-state index in [4.69, 9.17) is 16.0 Å². The highest BCUT2D eigenvalue weighted by Crippen LogP contribution is 2.28. The molecule has 116 valence electrons. The molecule has 21 heavy (non-hydrogen) atoms. The van der Waals surface area contributed by atoms with Gasteiger partial charge in [0.2, 0.25) is 5.82 Å². The molecule has 1 aromatic heterocycles. The van der Waals surface area contributed by atoms with Crippen molar-refractivity contribution < 1.29 is 15.2 Å². The molecule has 0 bridgehead atoms. The summed E-state index contributed by atoms with van der Waals surface area (Å²) in [4.78, 5) is 16.5. The Morgan fingerprint density at radius 2 is 2.29 bits per heavy atom. The molecule has 1 aromatic rings. The van der Waals surface area contributed by atoms with Crippen LogP contribution in [0.25, 0.3) is 0 Å². The second-order valence-corrected chi connectivity index (χ2v) is 4.67. The number of nitrogens with two attached hydrogens (primary N) is 1. The Morgan fingerprint density at radius 3 is 2.76 bits per heavy atom. The molecule has 0 radical (unpaired) electrons. The van der Waals surface area contributed by atoms with Crippen LogP contribution in [-0.2, 0) is 0 Å². The van der Waals surface area contributed by atoms with Gasteiger partial charge in [-0.05, 0) is 20.3 Å². The maximum absolute atomic E-state index is 11.2. The van der Waals surface area contributed by atoms with Gasteiger partial charge in [-0.25, -0.2) is 4.98 Å². The summed E-state index contributed by atoms with van der Waals surface area (Å²) in [5.41, 5.74) is 5.35. The number of rotatable bonds is 7. The maximum atomic E-state index is 11.2. The van der Waals surface area contributed by atoms with Gasteiger partial charge in [0.25, 0.3) is 0 Å². The molecular formula is C12H19N5O4. The molecule has 0 spiro atoms. The van der Waals surface area contributed by atoms with Crippen molar-refractivity contribution >= 4 is 17.3 Å². The van der Waals surface area contributed by atoms with Crippen molar-refractivity contribution in [2.45, 2.75) is 26.3 Å². The van der Waals surface area contributed by atoms with Gasteiger partial charge in [0.1, 0.15) is 0 Å². The average molecular weight is 297 g/mol. The molecule has 4 N–H and O–H groups in total. The highest BCUT2D eigenvalue weighted by Gasteiger charge is 2.24. The highest BCUT2D eigenvalue weighted by molar-refractivity contribution is 5.97. The third-order valence-electron chi connectivity index (χ3n) is 2.90. The highest BCUT2D eigenvalue weighted by atomic mass is 16.6. The first-order valence-electron chi connectivity index (χ1n) is 6.42. The minimum absolute atomic E-state index is 0.0147. The van der Waals surface area contributed by atoms with E-state index in [2.05, 4.69) is 10.1 Å². The van der Waals surface area contributed by atoms with Crippen LogP contribution < -0.4 is 10.6 Å². The zero-order chi connectivity index (χ0) is 16.0. The predicted molar refractivity (Wildman–Crippen MR) is 77.6 cm³/mol. The van der Waals surface area contributed by atoms with Crippen molar-refractivity contribution in [2.75, 3.05) is 18.1 Å². The van der Waals surface area contributed by atoms with E-state index in [1.165, 1.54) is 12.3 Å². The van der Waals surface area contributed by atoms with Gasteiger partial charge in [0, 0.05) is 37.0 Å². The zero-order valence-corrected chi connectivity index (χ0v) is 11.9. The molecule has 0 saturated carbocycles. The minimum atomic E-state index is -0.565. The number of hydrogen-bond acceptors (Lipinski definition) is 7. The fraction of sp³-hybridized carbons (Fsp3) is 0.500. The zero-order valence-electron chi connectivity index (χ0n) is 11.9. The topological polar surface area (TPSA) is 138 Å². The average Bonchev–Trinajstić information content (AvgIpc) is 2.46. The molecule has 0 atom stereocenters. The molecule has 1 rings (SSSR count). The lowest BCUT2D eigenvalue weighted by Gasteiger charge is -2.27. The first kappa shape index (κ1) is 16.6. The molecule has 9 heteroatoms. The summed E-state index contributed by atoms with van der Waals surface area (Å²) in [6.45, 7) is 4.17. The first-order valence-corrected chi connectivity index (χ1v) is 6.42. The van der Waals surface area contributed by atoms with Crippen LogP contribution in [0.3, 0.4) is 0 Å². The van der Waals surface area contributed by atoms with E-state index >= 15 is 0 Å². The van der Waals surface area contributed by atoms with Gasteiger partial charge < -0.3 is 20.9 Å². The van der Waals surface area contributed by atoms with E-state index < -0.39 is 4.92 Å². The van der Waals surface area contributed by atoms with Crippen molar-refractivity contribution in [1.29, 1.82) is 0 Å². The Kier molecular flexibility index (Phi) is 5.85. The van der Waals surface area contributed by atoms with Crippen LogP contribution in [0.4, 0.5) is 11.5 Å². The van der Waals surface area contributed by atoms with E-state index in [9.17, 15) is 10.1 Å². The molecule has 0 amide bonds. The second-order valence-electron chi connectivity index (χ2n) is 4.67. The number of aliphatic hydroxyl groups excluding tert-OH is 1. The number of aliphatic hydroxyl groups is 1. The molecule has 0 fully saturated rings. The van der Waals surface area contributed by atoms with E-state index in [0.717, 1.165) is 0 Å². The van der Waals surface area contributed by atoms with Gasteiger partial charge in [0.05, 0.1) is 4.92 Å². The van der Waals surface area contributed by atoms with Crippen LogP contribution >= 0.6 is 0 Å². The van der Waals surface area contributed by atoms with Crippen molar-refractivity contribution in [1.82, 2.24) is 4.98 Å². The van der Waals surface area contributed by atoms with Gasteiger partial charge in [0.15, 0.2) is 5.84 Å². The summed E-state index contributed by atoms with van der Waals surface area (Å²) in [6, 6.07) is 1.18. The molecule has 1 heterocycles. The number of amidine groups is 1. The number of oxime groups is 1. The lowest BCUT2D eigenvalue weighted by atomic mass is 10.2. The molecule has 0 aliphatic heterocycles. The fourth-order valence-electron chi connectivity index (χ4n) is 1.85. The van der Waals surface area contributed by atoms with Crippen LogP contribution in [0.5, 0.6) is 0 Å². The van der Waals surface area contributed by atoms with Crippen LogP contribution in [0.15, 0.2) is 17.4 Å². The van der Waals surface area contributed by atoms with Crippen molar-refractivity contribution in [2.24, 2.45) is 10.9 Å². The lowest BCUT2D eigenvalue weighted by Crippen LogP contribution is -2.33. The summed E-state index contributed by atoms with van der Waals surface area (Å²) in [5, 5.41) is 31.6. The Bertz CT molecular complexity index is 532. The third kappa shape index (κ3) is 4.02. The number of hydrogen-bond donors (Lipinski definition) is 3. The van der Waals surface area contributed by atoms with E-state index in [0.29, 0.717) is 13.0 Å². The summed E-state index contributed by atoms with van der Waals surface area (Å²) < 4.78 is 0. The van der Waals surface area contributed by atoms with Crippen LogP contribution in [0.2, 0.25) is 0 Å². The first-order chi connectivity index (χ1) is 9.92. The van der Waals surface area contributed by atoms with E-state index in [1.54, 1.807) is 4.90 Å². The van der Waals surface area contributed by atoms with Crippen molar-refractivity contribution in [3.8, 4) is 0 Å². The summed E-state index contributed by atoms with van der Waals surface area (Å²) in [6.07, 6.45) is 1.78. The quantitative estimate of drug-likeness (QED) is 0.221. The number of nitrogens with zero attached hydrogens (tertiary/aromatic N) is 4. The Morgan fingerprint density at radius 1 is 1.62 bits per heavy atom. The van der Waals surface area contributed by atoms with Crippen LogP contribution in [0.1, 0.15) is 25.8 Å². The van der Waals surface area contributed by atoms with Crippen LogP contribution in [0, 0.1) is 10.1 Å². The standard InChI is InChI=1S/C12H19N5O4/c1-8(2)16(4-3-5-18)12-10(17(20)21)6-9(7-14-12)11(13)15-19/h6-8,18-19H,3-5H2,1-2H3,(H2,13,15). The SMILES string of the molecule is CC(C)N(CCCO)c1ncc(C(N)=NO)cc1[N+](=O)[O-]. The number of anilines is 1. The normalized spacial score (nSPS) is 11.7. The van der Waals surface area contributed by atoms with Crippen LogP contribution in [-0.4, -0.2) is 45.3 Å². The van der Waals surface area contributed by atoms with Gasteiger partial charge in [-0.15, -0.1) is 0 Å². The van der Waals surface area contributed by atoms with Gasteiger partial charge in [-0.3, -0.25) is 10.1 Å². The number of nitro groups is 1. The van der Waals surface area contributed by atoms with Gasteiger partial charge in [-0.2, -0.15) is 0 Å². The molecule has 0 aliphatic rings. The summed E-state index contributed by atoms with van der Waals surface area (Å²) in [5.74, 6) is -0.0541. The van der Waals surface area contributed by atoms with E-state index in [-0.39, 0.29) is 35.6 Å². The molecule has 0 aromatic carbocycles. The molecular weight excluding hydrogens is 278 g/mol. The van der Waals surface area contributed by atoms with Gasteiger partial charge >= 0.3 is 5.69 Å². The third-order valence-corrected chi connectivity index (χ3v) is 2.90. The fourth-order valence-corrected chi connectivity index (χ4v) is 1.85. The summed E-state index contributed by atoms with van der Waals surface area (Å²) >= 11 is 0. The molecule has 0 unspecified atom stereocenters. The number of pyridine rings is 1. The Hall–Kier alpha value is -2.42. The largest absolute Gasteiger partial charge is 0.409 e. The Balaban J connectivity index is 3.29. The second kappa shape index (κ2) is 7.39. The summed E-state index contributed by atoms with van der Waals surface area (Å²) in [7, 11) is 0. The van der Waals surface area contributed by atoms with Crippen molar-refractivity contribution in [3.63, 3.8) is 0 Å². The van der Waals surface area contributed by atoms with E-state index in [1.807, 2.05) is 13.8 Å².